The Morgan fingerprint density at radius 2 is 2.12 bits per heavy atom. The number of aromatic nitrogens is 2. The Hall–Kier alpha value is -2.09. The molecule has 0 saturated carbocycles. The highest BCUT2D eigenvalue weighted by Gasteiger charge is 2.21. The summed E-state index contributed by atoms with van der Waals surface area (Å²) in [7, 11) is 1.58. The Labute approximate surface area is 165 Å². The number of halogens is 1. The Morgan fingerprint density at radius 1 is 1.31 bits per heavy atom. The molecule has 134 valence electrons. The van der Waals surface area contributed by atoms with E-state index in [1.165, 1.54) is 18.3 Å². The Balaban J connectivity index is 1.79. The molecule has 0 bridgehead atoms. The fourth-order valence-electron chi connectivity index (χ4n) is 2.28. The lowest BCUT2D eigenvalue weighted by Crippen LogP contribution is -2.23. The predicted molar refractivity (Wildman–Crippen MR) is 107 cm³/mol. The molecule has 26 heavy (non-hydrogen) atoms. The molecule has 3 rings (SSSR count). The van der Waals surface area contributed by atoms with Gasteiger partial charge in [-0.15, -0.1) is 23.1 Å². The second-order valence-electron chi connectivity index (χ2n) is 5.25. The first-order valence-electron chi connectivity index (χ1n) is 7.71. The number of pyridine rings is 1. The molecule has 2 heterocycles. The third-order valence-electron chi connectivity index (χ3n) is 3.44. The van der Waals surface area contributed by atoms with Crippen LogP contribution in [-0.4, -0.2) is 23.0 Å². The van der Waals surface area contributed by atoms with Crippen molar-refractivity contribution in [3.63, 3.8) is 0 Å². The maximum atomic E-state index is 12.2. The van der Waals surface area contributed by atoms with E-state index >= 15 is 0 Å². The number of ether oxygens (including phenoxy) is 1. The zero-order valence-electron chi connectivity index (χ0n) is 14.2. The molecule has 8 heteroatoms. The van der Waals surface area contributed by atoms with Crippen LogP contribution in [-0.2, 0) is 10.5 Å². The third kappa shape index (κ3) is 4.35. The molecule has 1 amide bonds. The molecule has 0 aliphatic carbocycles. The van der Waals surface area contributed by atoms with Gasteiger partial charge in [0, 0.05) is 24.3 Å². The third-order valence-corrected chi connectivity index (χ3v) is 5.52. The molecular formula is C18H16ClN3O2S2. The number of anilines is 2. The Bertz CT molecular complexity index is 899. The van der Waals surface area contributed by atoms with Gasteiger partial charge in [-0.1, -0.05) is 23.7 Å². The van der Waals surface area contributed by atoms with Gasteiger partial charge in [0.2, 0.25) is 5.91 Å². The van der Waals surface area contributed by atoms with Crippen LogP contribution in [0, 0.1) is 0 Å². The van der Waals surface area contributed by atoms with E-state index in [0.717, 1.165) is 10.7 Å². The first kappa shape index (κ1) is 18.7. The number of carbonyl (C=O) groups excluding carboxylic acids is 1. The highest BCUT2D eigenvalue weighted by molar-refractivity contribution is 7.98. The van der Waals surface area contributed by atoms with E-state index in [-0.39, 0.29) is 5.91 Å². The van der Waals surface area contributed by atoms with Gasteiger partial charge in [0.1, 0.15) is 5.75 Å². The standard InChI is InChI=1S/C18H16ClN3O2S2/c1-12(23)22(15-5-3-4-6-16(15)24-2)18-21-14(11-26-18)10-25-17-8-7-13(19)9-20-17/h3-9,11H,10H2,1-2H3. The number of nitrogens with zero attached hydrogens (tertiary/aromatic N) is 3. The highest BCUT2D eigenvalue weighted by atomic mass is 35.5. The van der Waals surface area contributed by atoms with Crippen molar-refractivity contribution < 1.29 is 9.53 Å². The number of hydrogen-bond acceptors (Lipinski definition) is 6. The van der Waals surface area contributed by atoms with Crippen LogP contribution >= 0.6 is 34.7 Å². The van der Waals surface area contributed by atoms with E-state index in [4.69, 9.17) is 16.3 Å². The summed E-state index contributed by atoms with van der Waals surface area (Å²) in [4.78, 5) is 22.7. The van der Waals surface area contributed by atoms with Crippen molar-refractivity contribution in [3.8, 4) is 5.75 Å². The van der Waals surface area contributed by atoms with Crippen molar-refractivity contribution in [3.05, 3.63) is 58.7 Å². The average molecular weight is 406 g/mol. The molecule has 0 spiro atoms. The van der Waals surface area contributed by atoms with Crippen LogP contribution in [0.1, 0.15) is 12.6 Å². The quantitative estimate of drug-likeness (QED) is 0.529. The number of thioether (sulfide) groups is 1. The van der Waals surface area contributed by atoms with Crippen LogP contribution in [0.25, 0.3) is 0 Å². The summed E-state index contributed by atoms with van der Waals surface area (Å²) in [6.07, 6.45) is 1.62. The lowest BCUT2D eigenvalue weighted by Gasteiger charge is -2.20. The van der Waals surface area contributed by atoms with Crippen LogP contribution in [0.3, 0.4) is 0 Å². The summed E-state index contributed by atoms with van der Waals surface area (Å²) < 4.78 is 5.38. The molecule has 0 atom stereocenters. The summed E-state index contributed by atoms with van der Waals surface area (Å²) in [5.41, 5.74) is 1.56. The van der Waals surface area contributed by atoms with Gasteiger partial charge in [0.25, 0.3) is 0 Å². The molecule has 0 aliphatic rings. The maximum Gasteiger partial charge on any atom is 0.230 e. The van der Waals surface area contributed by atoms with Crippen molar-refractivity contribution in [1.29, 1.82) is 0 Å². The normalized spacial score (nSPS) is 10.6. The Kier molecular flexibility index (Phi) is 6.13. The van der Waals surface area contributed by atoms with Gasteiger partial charge < -0.3 is 4.74 Å². The maximum absolute atomic E-state index is 12.2. The van der Waals surface area contributed by atoms with Crippen LogP contribution in [0.15, 0.2) is 53.0 Å². The summed E-state index contributed by atoms with van der Waals surface area (Å²) in [6, 6.07) is 11.1. The van der Waals surface area contributed by atoms with E-state index in [0.29, 0.717) is 27.3 Å². The number of hydrogen-bond donors (Lipinski definition) is 0. The van der Waals surface area contributed by atoms with E-state index in [1.807, 2.05) is 41.8 Å². The predicted octanol–water partition coefficient (Wildman–Crippen LogP) is 5.18. The zero-order chi connectivity index (χ0) is 18.5. The molecule has 0 radical (unpaired) electrons. The van der Waals surface area contributed by atoms with E-state index < -0.39 is 0 Å². The number of benzene rings is 1. The first-order chi connectivity index (χ1) is 12.6. The van der Waals surface area contributed by atoms with Crippen molar-refractivity contribution >= 4 is 51.4 Å². The summed E-state index contributed by atoms with van der Waals surface area (Å²) in [6.45, 7) is 1.51. The van der Waals surface area contributed by atoms with Gasteiger partial charge in [0.05, 0.1) is 28.5 Å². The van der Waals surface area contributed by atoms with Crippen LogP contribution < -0.4 is 9.64 Å². The first-order valence-corrected chi connectivity index (χ1v) is 9.95. The SMILES string of the molecule is COc1ccccc1N(C(C)=O)c1nc(CSc2ccc(Cl)cn2)cs1. The minimum absolute atomic E-state index is 0.123. The van der Waals surface area contributed by atoms with Gasteiger partial charge in [0.15, 0.2) is 5.13 Å². The van der Waals surface area contributed by atoms with Crippen LogP contribution in [0.5, 0.6) is 5.75 Å². The average Bonchev–Trinajstić information content (AvgIpc) is 3.10. The van der Waals surface area contributed by atoms with Crippen LogP contribution in [0.2, 0.25) is 5.02 Å². The van der Waals surface area contributed by atoms with Crippen molar-refractivity contribution in [2.24, 2.45) is 0 Å². The van der Waals surface area contributed by atoms with Gasteiger partial charge in [-0.05, 0) is 24.3 Å². The number of methoxy groups -OCH3 is 1. The number of thiazole rings is 1. The summed E-state index contributed by atoms with van der Waals surface area (Å²) in [5, 5.41) is 4.04. The van der Waals surface area contributed by atoms with Crippen molar-refractivity contribution in [1.82, 2.24) is 9.97 Å². The minimum Gasteiger partial charge on any atom is -0.495 e. The number of rotatable bonds is 6. The molecule has 0 saturated heterocycles. The van der Waals surface area contributed by atoms with E-state index in [1.54, 1.807) is 30.0 Å². The second-order valence-corrected chi connectivity index (χ2v) is 7.52. The molecule has 0 aliphatic heterocycles. The van der Waals surface area contributed by atoms with Crippen molar-refractivity contribution in [2.45, 2.75) is 17.7 Å². The summed E-state index contributed by atoms with van der Waals surface area (Å²) in [5.74, 6) is 1.16. The van der Waals surface area contributed by atoms with E-state index in [9.17, 15) is 4.79 Å². The number of carbonyl (C=O) groups is 1. The highest BCUT2D eigenvalue weighted by Crippen LogP contribution is 2.36. The molecule has 1 aromatic carbocycles. The van der Waals surface area contributed by atoms with Gasteiger partial charge in [-0.25, -0.2) is 9.97 Å². The monoisotopic (exact) mass is 405 g/mol. The molecule has 5 nitrogen and oxygen atoms in total. The zero-order valence-corrected chi connectivity index (χ0v) is 16.6. The van der Waals surface area contributed by atoms with Gasteiger partial charge in [-0.3, -0.25) is 9.69 Å². The molecule has 0 unspecified atom stereocenters. The van der Waals surface area contributed by atoms with Crippen LogP contribution in [0.4, 0.5) is 10.8 Å². The van der Waals surface area contributed by atoms with Crippen molar-refractivity contribution in [2.75, 3.05) is 12.0 Å². The fourth-order valence-corrected chi connectivity index (χ4v) is 4.11. The molecule has 2 aromatic heterocycles. The minimum atomic E-state index is -0.123. The topological polar surface area (TPSA) is 55.3 Å². The van der Waals surface area contributed by atoms with Gasteiger partial charge in [-0.2, -0.15) is 0 Å². The largest absolute Gasteiger partial charge is 0.495 e. The lowest BCUT2D eigenvalue weighted by molar-refractivity contribution is -0.115. The smallest absolute Gasteiger partial charge is 0.230 e. The Morgan fingerprint density at radius 3 is 2.81 bits per heavy atom. The van der Waals surface area contributed by atoms with E-state index in [2.05, 4.69) is 9.97 Å². The molecular weight excluding hydrogens is 390 g/mol. The molecule has 0 fully saturated rings. The number of amides is 1. The lowest BCUT2D eigenvalue weighted by atomic mass is 10.2. The second kappa shape index (κ2) is 8.53. The molecule has 3 aromatic rings. The molecule has 0 N–H and O–H groups in total. The summed E-state index contributed by atoms with van der Waals surface area (Å²) >= 11 is 8.84. The fraction of sp³-hybridized carbons (Fsp3) is 0.167. The number of para-hydroxylation sites is 2. The van der Waals surface area contributed by atoms with Gasteiger partial charge >= 0.3 is 0 Å².